The van der Waals surface area contributed by atoms with Crippen LogP contribution in [0.5, 0.6) is 0 Å². The monoisotopic (exact) mass is 372 g/mol. The molecule has 150 valence electrons. The molecular formula is C21H34F2O3. The van der Waals surface area contributed by atoms with Gasteiger partial charge >= 0.3 is 0 Å². The van der Waals surface area contributed by atoms with Crippen molar-refractivity contribution in [1.82, 2.24) is 0 Å². The molecular weight excluding hydrogens is 338 g/mol. The van der Waals surface area contributed by atoms with E-state index in [0.29, 0.717) is 31.6 Å². The smallest absolute Gasteiger partial charge is 0.283 e. The normalized spacial score (nSPS) is 13.2. The van der Waals surface area contributed by atoms with Crippen molar-refractivity contribution in [1.29, 1.82) is 0 Å². The first kappa shape index (κ1) is 23.0. The molecule has 3 nitrogen and oxygen atoms in total. The zero-order valence-electron chi connectivity index (χ0n) is 16.4. The molecule has 1 rings (SSSR count). The Morgan fingerprint density at radius 2 is 1.54 bits per heavy atom. The second kappa shape index (κ2) is 12.4. The molecule has 0 aliphatic carbocycles. The molecule has 1 aromatic rings. The Morgan fingerprint density at radius 3 is 2.12 bits per heavy atom. The van der Waals surface area contributed by atoms with E-state index < -0.39 is 17.6 Å². The van der Waals surface area contributed by atoms with Gasteiger partial charge in [-0.3, -0.25) is 0 Å². The number of rotatable bonds is 14. The van der Waals surface area contributed by atoms with Crippen LogP contribution in [0.3, 0.4) is 0 Å². The highest BCUT2D eigenvalue weighted by Crippen LogP contribution is 2.30. The van der Waals surface area contributed by atoms with Gasteiger partial charge < -0.3 is 14.6 Å². The molecule has 0 aromatic heterocycles. The Bertz CT molecular complexity index is 502. The quantitative estimate of drug-likeness (QED) is 0.342. The fourth-order valence-electron chi connectivity index (χ4n) is 3.23. The molecule has 1 N–H and O–H groups in total. The number of aliphatic hydroxyl groups is 1. The van der Waals surface area contributed by atoms with Crippen LogP contribution >= 0.6 is 0 Å². The number of hydrogen-bond acceptors (Lipinski definition) is 3. The van der Waals surface area contributed by atoms with Crippen molar-refractivity contribution in [3.05, 3.63) is 35.4 Å². The molecule has 0 aliphatic rings. The maximum atomic E-state index is 13.5. The van der Waals surface area contributed by atoms with Crippen LogP contribution in [0.15, 0.2) is 18.2 Å². The summed E-state index contributed by atoms with van der Waals surface area (Å²) in [6.45, 7) is 6.39. The minimum atomic E-state index is -1.71. The van der Waals surface area contributed by atoms with E-state index in [4.69, 9.17) is 9.47 Å². The summed E-state index contributed by atoms with van der Waals surface area (Å²) in [6.07, 6.45) is 7.87. The first-order chi connectivity index (χ1) is 12.5. The van der Waals surface area contributed by atoms with Gasteiger partial charge in [-0.15, -0.1) is 0 Å². The van der Waals surface area contributed by atoms with Gasteiger partial charge in [0, 0.05) is 19.1 Å². The van der Waals surface area contributed by atoms with Gasteiger partial charge in [-0.2, -0.15) is 0 Å². The summed E-state index contributed by atoms with van der Waals surface area (Å²) < 4.78 is 37.8. The van der Waals surface area contributed by atoms with Crippen LogP contribution in [0.2, 0.25) is 0 Å². The Labute approximate surface area is 156 Å². The second-order valence-corrected chi connectivity index (χ2v) is 6.70. The molecule has 0 amide bonds. The van der Waals surface area contributed by atoms with Crippen molar-refractivity contribution < 1.29 is 23.4 Å². The lowest BCUT2D eigenvalue weighted by molar-refractivity contribution is -0.384. The minimum absolute atomic E-state index is 0.307. The molecule has 1 unspecified atom stereocenters. The van der Waals surface area contributed by atoms with Crippen LogP contribution < -0.4 is 0 Å². The maximum absolute atomic E-state index is 13.5. The number of hydrogen-bond donors (Lipinski definition) is 1. The average Bonchev–Trinajstić information content (AvgIpc) is 2.60. The Hall–Kier alpha value is -1.04. The highest BCUT2D eigenvalue weighted by Gasteiger charge is 2.38. The summed E-state index contributed by atoms with van der Waals surface area (Å²) in [5.74, 6) is -3.81. The van der Waals surface area contributed by atoms with Gasteiger partial charge in [-0.25, -0.2) is 8.78 Å². The predicted molar refractivity (Wildman–Crippen MR) is 99.7 cm³/mol. The predicted octanol–water partition coefficient (Wildman–Crippen LogP) is 5.59. The molecule has 5 heteroatoms. The lowest BCUT2D eigenvalue weighted by atomic mass is 9.91. The molecule has 26 heavy (non-hydrogen) atoms. The summed E-state index contributed by atoms with van der Waals surface area (Å²) >= 11 is 0. The van der Waals surface area contributed by atoms with Crippen molar-refractivity contribution >= 4 is 0 Å². The molecule has 0 fully saturated rings. The van der Waals surface area contributed by atoms with E-state index >= 15 is 0 Å². The molecule has 0 saturated carbocycles. The third-order valence-electron chi connectivity index (χ3n) is 4.59. The fourth-order valence-corrected chi connectivity index (χ4v) is 3.23. The van der Waals surface area contributed by atoms with Gasteiger partial charge in [0.1, 0.15) is 0 Å². The molecule has 0 saturated heterocycles. The summed E-state index contributed by atoms with van der Waals surface area (Å²) in [4.78, 5) is 0. The topological polar surface area (TPSA) is 38.7 Å². The summed E-state index contributed by atoms with van der Waals surface area (Å²) in [6, 6.07) is 3.85. The molecule has 1 atom stereocenters. The van der Waals surface area contributed by atoms with E-state index in [1.54, 1.807) is 19.9 Å². The number of benzene rings is 1. The van der Waals surface area contributed by atoms with Gasteiger partial charge in [0.05, 0.1) is 0 Å². The molecule has 0 bridgehead atoms. The van der Waals surface area contributed by atoms with Crippen LogP contribution in [0, 0.1) is 17.6 Å². The van der Waals surface area contributed by atoms with E-state index in [0.717, 1.165) is 25.3 Å². The Balaban J connectivity index is 2.80. The van der Waals surface area contributed by atoms with Gasteiger partial charge in [-0.05, 0) is 44.4 Å². The van der Waals surface area contributed by atoms with Crippen molar-refractivity contribution in [2.75, 3.05) is 13.2 Å². The van der Waals surface area contributed by atoms with Crippen molar-refractivity contribution in [3.8, 4) is 0 Å². The highest BCUT2D eigenvalue weighted by molar-refractivity contribution is 5.18. The fraction of sp³-hybridized carbons (Fsp3) is 0.714. The lowest BCUT2D eigenvalue weighted by Crippen LogP contribution is -2.45. The molecule has 0 spiro atoms. The summed E-state index contributed by atoms with van der Waals surface area (Å²) in [5.41, 5.74) is 0.623. The zero-order chi connectivity index (χ0) is 19.4. The van der Waals surface area contributed by atoms with Crippen LogP contribution in [-0.4, -0.2) is 24.3 Å². The van der Waals surface area contributed by atoms with Gasteiger partial charge in [0.2, 0.25) is 0 Å². The van der Waals surface area contributed by atoms with E-state index in [-0.39, 0.29) is 5.92 Å². The van der Waals surface area contributed by atoms with Gasteiger partial charge in [0.15, 0.2) is 11.6 Å². The largest absolute Gasteiger partial charge is 0.343 e. The van der Waals surface area contributed by atoms with Crippen LogP contribution in [0.1, 0.15) is 71.3 Å². The third kappa shape index (κ3) is 7.68. The number of halogens is 2. The van der Waals surface area contributed by atoms with Crippen molar-refractivity contribution in [3.63, 3.8) is 0 Å². The average molecular weight is 372 g/mol. The first-order valence-corrected chi connectivity index (χ1v) is 9.91. The lowest BCUT2D eigenvalue weighted by Gasteiger charge is -2.35. The first-order valence-electron chi connectivity index (χ1n) is 9.91. The SMILES string of the molecule is CCCCCCCCC(Cc1ccc(F)c(F)c1)C(O)(OCC)OCC. The third-order valence-corrected chi connectivity index (χ3v) is 4.59. The van der Waals surface area contributed by atoms with E-state index in [1.165, 1.54) is 25.3 Å². The number of ether oxygens (including phenoxy) is 2. The van der Waals surface area contributed by atoms with Crippen LogP contribution in [-0.2, 0) is 15.9 Å². The van der Waals surface area contributed by atoms with E-state index in [2.05, 4.69) is 6.92 Å². The molecule has 1 aromatic carbocycles. The standard InChI is InChI=1S/C21H34F2O3/c1-4-7-8-9-10-11-12-18(21(24,25-5-2)26-6-3)15-17-13-14-19(22)20(23)16-17/h13-14,16,18,24H,4-12,15H2,1-3H3. The summed E-state index contributed by atoms with van der Waals surface area (Å²) in [7, 11) is 0. The highest BCUT2D eigenvalue weighted by atomic mass is 19.2. The van der Waals surface area contributed by atoms with Crippen molar-refractivity contribution in [2.45, 2.75) is 78.1 Å². The maximum Gasteiger partial charge on any atom is 0.283 e. The second-order valence-electron chi connectivity index (χ2n) is 6.70. The molecule has 0 aliphatic heterocycles. The number of unbranched alkanes of at least 4 members (excludes halogenated alkanes) is 5. The van der Waals surface area contributed by atoms with Crippen molar-refractivity contribution in [2.24, 2.45) is 5.92 Å². The molecule has 0 heterocycles. The van der Waals surface area contributed by atoms with E-state index in [1.807, 2.05) is 0 Å². The van der Waals surface area contributed by atoms with Crippen LogP contribution in [0.25, 0.3) is 0 Å². The van der Waals surface area contributed by atoms with Gasteiger partial charge in [-0.1, -0.05) is 51.5 Å². The van der Waals surface area contributed by atoms with Gasteiger partial charge in [0.25, 0.3) is 5.97 Å². The summed E-state index contributed by atoms with van der Waals surface area (Å²) in [5, 5.41) is 10.9. The zero-order valence-corrected chi connectivity index (χ0v) is 16.4. The minimum Gasteiger partial charge on any atom is -0.343 e. The Kier molecular flexibility index (Phi) is 10.9. The Morgan fingerprint density at radius 1 is 0.923 bits per heavy atom. The van der Waals surface area contributed by atoms with E-state index in [9.17, 15) is 13.9 Å². The van der Waals surface area contributed by atoms with Crippen LogP contribution in [0.4, 0.5) is 8.78 Å². The molecule has 0 radical (unpaired) electrons.